The van der Waals surface area contributed by atoms with E-state index in [1.54, 1.807) is 7.11 Å². The molecule has 0 aliphatic carbocycles. The van der Waals surface area contributed by atoms with Gasteiger partial charge in [0, 0.05) is 19.2 Å². The van der Waals surface area contributed by atoms with Crippen LogP contribution in [0.2, 0.25) is 0 Å². The summed E-state index contributed by atoms with van der Waals surface area (Å²) in [5.41, 5.74) is 0. The highest BCUT2D eigenvalue weighted by Gasteiger charge is 2.12. The van der Waals surface area contributed by atoms with Crippen LogP contribution in [-0.4, -0.2) is 25.8 Å². The molecule has 0 aromatic rings. The molecule has 1 N–H and O–H groups in total. The van der Waals surface area contributed by atoms with Gasteiger partial charge < -0.3 is 10.1 Å². The van der Waals surface area contributed by atoms with Crippen LogP contribution < -0.4 is 5.32 Å². The van der Waals surface area contributed by atoms with E-state index in [-0.39, 0.29) is 0 Å². The average molecular weight is 159 g/mol. The molecular weight excluding hydrogens is 138 g/mol. The first kappa shape index (κ1) is 10.9. The third-order valence-corrected chi connectivity index (χ3v) is 1.70. The molecule has 0 saturated carbocycles. The summed E-state index contributed by atoms with van der Waals surface area (Å²) in [6, 6.07) is 1.03. The molecule has 11 heavy (non-hydrogen) atoms. The van der Waals surface area contributed by atoms with Gasteiger partial charge in [-0.2, -0.15) is 0 Å². The van der Waals surface area contributed by atoms with E-state index in [0.717, 1.165) is 6.61 Å². The molecule has 0 amide bonds. The lowest BCUT2D eigenvalue weighted by Crippen LogP contribution is -2.41. The van der Waals surface area contributed by atoms with Gasteiger partial charge in [0.15, 0.2) is 0 Å². The summed E-state index contributed by atoms with van der Waals surface area (Å²) in [6.07, 6.45) is 0. The van der Waals surface area contributed by atoms with Gasteiger partial charge in [-0.05, 0) is 5.92 Å². The second-order valence-corrected chi connectivity index (χ2v) is 3.63. The first-order valence-corrected chi connectivity index (χ1v) is 4.33. The number of rotatable bonds is 5. The Morgan fingerprint density at radius 3 is 2.00 bits per heavy atom. The van der Waals surface area contributed by atoms with Crippen molar-refractivity contribution in [2.75, 3.05) is 13.7 Å². The lowest BCUT2D eigenvalue weighted by Gasteiger charge is -2.23. The third-order valence-electron chi connectivity index (χ3n) is 1.70. The van der Waals surface area contributed by atoms with Crippen LogP contribution in [-0.2, 0) is 4.74 Å². The summed E-state index contributed by atoms with van der Waals surface area (Å²) in [5, 5.41) is 3.46. The minimum atomic E-state index is 0.486. The normalized spacial score (nSPS) is 14.5. The molecule has 0 radical (unpaired) electrons. The van der Waals surface area contributed by atoms with Gasteiger partial charge in [-0.1, -0.05) is 27.7 Å². The van der Waals surface area contributed by atoms with Crippen LogP contribution in [0.15, 0.2) is 0 Å². The van der Waals surface area contributed by atoms with Crippen LogP contribution in [0.1, 0.15) is 27.7 Å². The predicted molar refractivity (Wildman–Crippen MR) is 48.8 cm³/mol. The van der Waals surface area contributed by atoms with Crippen molar-refractivity contribution in [3.05, 3.63) is 0 Å². The Bertz CT molecular complexity index is 91.6. The highest BCUT2D eigenvalue weighted by atomic mass is 16.5. The molecule has 0 bridgehead atoms. The monoisotopic (exact) mass is 159 g/mol. The largest absolute Gasteiger partial charge is 0.383 e. The molecule has 0 aromatic carbocycles. The van der Waals surface area contributed by atoms with E-state index in [2.05, 4.69) is 33.0 Å². The van der Waals surface area contributed by atoms with Crippen LogP contribution >= 0.6 is 0 Å². The molecule has 0 aromatic heterocycles. The van der Waals surface area contributed by atoms with Gasteiger partial charge in [-0.3, -0.25) is 0 Å². The molecule has 0 saturated heterocycles. The zero-order chi connectivity index (χ0) is 8.85. The minimum absolute atomic E-state index is 0.486. The smallest absolute Gasteiger partial charge is 0.0618 e. The Hall–Kier alpha value is -0.0800. The Balaban J connectivity index is 3.69. The summed E-state index contributed by atoms with van der Waals surface area (Å²) in [7, 11) is 1.75. The molecule has 0 aliphatic rings. The molecule has 2 nitrogen and oxygen atoms in total. The van der Waals surface area contributed by atoms with E-state index in [0.29, 0.717) is 18.0 Å². The van der Waals surface area contributed by atoms with Gasteiger partial charge in [0.05, 0.1) is 6.61 Å². The maximum Gasteiger partial charge on any atom is 0.0618 e. The summed E-state index contributed by atoms with van der Waals surface area (Å²) < 4.78 is 5.10. The Morgan fingerprint density at radius 1 is 1.18 bits per heavy atom. The highest BCUT2D eigenvalue weighted by molar-refractivity contribution is 4.71. The van der Waals surface area contributed by atoms with Crippen molar-refractivity contribution < 1.29 is 4.74 Å². The second kappa shape index (κ2) is 5.56. The molecule has 1 unspecified atom stereocenters. The maximum absolute atomic E-state index is 5.10. The van der Waals surface area contributed by atoms with Gasteiger partial charge in [0.25, 0.3) is 0 Å². The first-order valence-electron chi connectivity index (χ1n) is 4.33. The molecule has 0 aliphatic heterocycles. The number of hydrogen-bond donors (Lipinski definition) is 1. The highest BCUT2D eigenvalue weighted by Crippen LogP contribution is 2.02. The fraction of sp³-hybridized carbons (Fsp3) is 1.00. The topological polar surface area (TPSA) is 21.3 Å². The van der Waals surface area contributed by atoms with Crippen LogP contribution in [0.3, 0.4) is 0 Å². The van der Waals surface area contributed by atoms with Crippen molar-refractivity contribution in [2.45, 2.75) is 39.8 Å². The van der Waals surface area contributed by atoms with Crippen molar-refractivity contribution in [2.24, 2.45) is 5.92 Å². The van der Waals surface area contributed by atoms with Gasteiger partial charge in [-0.15, -0.1) is 0 Å². The van der Waals surface area contributed by atoms with Crippen LogP contribution in [0.4, 0.5) is 0 Å². The van der Waals surface area contributed by atoms with Crippen molar-refractivity contribution in [1.82, 2.24) is 5.32 Å². The molecule has 0 spiro atoms. The van der Waals surface area contributed by atoms with E-state index in [1.807, 2.05) is 0 Å². The number of hydrogen-bond acceptors (Lipinski definition) is 2. The van der Waals surface area contributed by atoms with Crippen LogP contribution in [0.5, 0.6) is 0 Å². The quantitative estimate of drug-likeness (QED) is 0.658. The summed E-state index contributed by atoms with van der Waals surface area (Å²) in [5.74, 6) is 0.636. The molecule has 68 valence electrons. The fourth-order valence-electron chi connectivity index (χ4n) is 1.04. The van der Waals surface area contributed by atoms with E-state index < -0.39 is 0 Å². The predicted octanol–water partition coefficient (Wildman–Crippen LogP) is 1.66. The maximum atomic E-state index is 5.10. The Kier molecular flexibility index (Phi) is 5.51. The van der Waals surface area contributed by atoms with Crippen molar-refractivity contribution in [1.29, 1.82) is 0 Å². The number of methoxy groups -OCH3 is 1. The molecule has 1 atom stereocenters. The molecule has 2 heteroatoms. The zero-order valence-electron chi connectivity index (χ0n) is 8.35. The molecule has 0 fully saturated rings. The standard InChI is InChI=1S/C9H21NO/c1-7(2)9(6-11-5)10-8(3)4/h7-10H,6H2,1-5H3. The Labute approximate surface area is 70.3 Å². The van der Waals surface area contributed by atoms with E-state index in [1.165, 1.54) is 0 Å². The third kappa shape index (κ3) is 5.22. The van der Waals surface area contributed by atoms with E-state index in [9.17, 15) is 0 Å². The van der Waals surface area contributed by atoms with Gasteiger partial charge in [0.1, 0.15) is 0 Å². The van der Waals surface area contributed by atoms with E-state index in [4.69, 9.17) is 4.74 Å². The summed E-state index contributed by atoms with van der Waals surface area (Å²) in [4.78, 5) is 0. The summed E-state index contributed by atoms with van der Waals surface area (Å²) in [6.45, 7) is 9.53. The lowest BCUT2D eigenvalue weighted by atomic mass is 10.0. The number of ether oxygens (including phenoxy) is 1. The average Bonchev–Trinajstić information content (AvgIpc) is 1.86. The van der Waals surface area contributed by atoms with Crippen molar-refractivity contribution in [3.8, 4) is 0 Å². The van der Waals surface area contributed by atoms with Crippen molar-refractivity contribution in [3.63, 3.8) is 0 Å². The molecule has 0 heterocycles. The van der Waals surface area contributed by atoms with Crippen LogP contribution in [0, 0.1) is 5.92 Å². The van der Waals surface area contributed by atoms with Gasteiger partial charge in [-0.25, -0.2) is 0 Å². The minimum Gasteiger partial charge on any atom is -0.383 e. The van der Waals surface area contributed by atoms with E-state index >= 15 is 0 Å². The van der Waals surface area contributed by atoms with Gasteiger partial charge in [0.2, 0.25) is 0 Å². The summed E-state index contributed by atoms with van der Waals surface area (Å²) >= 11 is 0. The molecular formula is C9H21NO. The van der Waals surface area contributed by atoms with Crippen LogP contribution in [0.25, 0.3) is 0 Å². The van der Waals surface area contributed by atoms with Gasteiger partial charge >= 0.3 is 0 Å². The first-order chi connectivity index (χ1) is 5.07. The molecule has 0 rings (SSSR count). The SMILES string of the molecule is COCC(NC(C)C)C(C)C. The number of nitrogens with one attached hydrogen (secondary N) is 1. The lowest BCUT2D eigenvalue weighted by molar-refractivity contribution is 0.143. The fourth-order valence-corrected chi connectivity index (χ4v) is 1.04. The Morgan fingerprint density at radius 2 is 1.73 bits per heavy atom. The van der Waals surface area contributed by atoms with Crippen molar-refractivity contribution >= 4 is 0 Å². The second-order valence-electron chi connectivity index (χ2n) is 3.63. The zero-order valence-corrected chi connectivity index (χ0v) is 8.35.